The molecule has 2 aliphatic heterocycles. The summed E-state index contributed by atoms with van der Waals surface area (Å²) in [6.45, 7) is 2.27. The van der Waals surface area contributed by atoms with Gasteiger partial charge in [0.1, 0.15) is 11.9 Å². The molecule has 2 aliphatic rings. The summed E-state index contributed by atoms with van der Waals surface area (Å²) in [5.74, 6) is -0.689. The van der Waals surface area contributed by atoms with E-state index in [1.54, 1.807) is 0 Å². The topological polar surface area (TPSA) is 66.9 Å². The SMILES string of the molecule is O=C1OCCC1N1CCCN(S(=O)(=O)c2ccc(F)cc2)CC1. The lowest BCUT2D eigenvalue weighted by molar-refractivity contribution is -0.142. The van der Waals surface area contributed by atoms with Gasteiger partial charge in [-0.1, -0.05) is 0 Å². The molecule has 2 fully saturated rings. The molecule has 0 aromatic heterocycles. The minimum Gasteiger partial charge on any atom is -0.464 e. The summed E-state index contributed by atoms with van der Waals surface area (Å²) in [6, 6.07) is 4.59. The van der Waals surface area contributed by atoms with Gasteiger partial charge in [0.25, 0.3) is 0 Å². The number of carbonyl (C=O) groups excluding carboxylic acids is 1. The standard InChI is InChI=1S/C15H19FN2O4S/c16-12-2-4-13(5-3-12)23(20,21)18-8-1-7-17(9-10-18)14-6-11-22-15(14)19/h2-5,14H,1,6-11H2. The molecule has 0 N–H and O–H groups in total. The van der Waals surface area contributed by atoms with E-state index in [-0.39, 0.29) is 16.9 Å². The Morgan fingerprint density at radius 2 is 1.83 bits per heavy atom. The van der Waals surface area contributed by atoms with Crippen molar-refractivity contribution in [2.75, 3.05) is 32.8 Å². The third-order valence-electron chi connectivity index (χ3n) is 4.29. The minimum absolute atomic E-state index is 0.0904. The maximum absolute atomic E-state index is 13.0. The Bertz CT molecular complexity index is 677. The number of esters is 1. The van der Waals surface area contributed by atoms with Crippen molar-refractivity contribution in [1.29, 1.82) is 0 Å². The van der Waals surface area contributed by atoms with Gasteiger partial charge in [-0.2, -0.15) is 4.31 Å². The zero-order valence-corrected chi connectivity index (χ0v) is 13.5. The van der Waals surface area contributed by atoms with E-state index in [0.717, 1.165) is 12.1 Å². The number of ether oxygens (including phenoxy) is 1. The second-order valence-electron chi connectivity index (χ2n) is 5.72. The lowest BCUT2D eigenvalue weighted by Crippen LogP contribution is -2.41. The summed E-state index contributed by atoms with van der Waals surface area (Å²) in [5.41, 5.74) is 0. The highest BCUT2D eigenvalue weighted by Gasteiger charge is 2.35. The summed E-state index contributed by atoms with van der Waals surface area (Å²) < 4.78 is 44.6. The third kappa shape index (κ3) is 3.39. The second-order valence-corrected chi connectivity index (χ2v) is 7.66. The zero-order valence-electron chi connectivity index (χ0n) is 12.7. The van der Waals surface area contributed by atoms with Crippen LogP contribution in [0.15, 0.2) is 29.2 Å². The van der Waals surface area contributed by atoms with Crippen molar-refractivity contribution in [2.45, 2.75) is 23.8 Å². The van der Waals surface area contributed by atoms with Gasteiger partial charge in [-0.15, -0.1) is 0 Å². The van der Waals surface area contributed by atoms with Crippen LogP contribution in [-0.2, 0) is 19.6 Å². The predicted molar refractivity (Wildman–Crippen MR) is 80.7 cm³/mol. The Kier molecular flexibility index (Phi) is 4.65. The molecular formula is C15H19FN2O4S. The van der Waals surface area contributed by atoms with E-state index in [1.807, 2.05) is 4.90 Å². The first-order valence-electron chi connectivity index (χ1n) is 7.65. The number of carbonyl (C=O) groups is 1. The summed E-state index contributed by atoms with van der Waals surface area (Å²) in [5, 5.41) is 0. The largest absolute Gasteiger partial charge is 0.464 e. The highest BCUT2D eigenvalue weighted by molar-refractivity contribution is 7.89. The maximum atomic E-state index is 13.0. The number of halogens is 1. The predicted octanol–water partition coefficient (Wildman–Crippen LogP) is 0.838. The van der Waals surface area contributed by atoms with E-state index in [4.69, 9.17) is 4.74 Å². The molecule has 23 heavy (non-hydrogen) atoms. The van der Waals surface area contributed by atoms with Crippen LogP contribution in [0.4, 0.5) is 4.39 Å². The number of rotatable bonds is 3. The maximum Gasteiger partial charge on any atom is 0.323 e. The van der Waals surface area contributed by atoms with Gasteiger partial charge in [-0.3, -0.25) is 9.69 Å². The molecule has 1 atom stereocenters. The van der Waals surface area contributed by atoms with Crippen molar-refractivity contribution in [1.82, 2.24) is 9.21 Å². The zero-order chi connectivity index (χ0) is 16.4. The Labute approximate surface area is 134 Å². The van der Waals surface area contributed by atoms with Gasteiger partial charge in [0, 0.05) is 32.6 Å². The molecular weight excluding hydrogens is 323 g/mol. The number of nitrogens with zero attached hydrogens (tertiary/aromatic N) is 2. The van der Waals surface area contributed by atoms with Crippen LogP contribution >= 0.6 is 0 Å². The Morgan fingerprint density at radius 1 is 1.09 bits per heavy atom. The number of benzene rings is 1. The van der Waals surface area contributed by atoms with Gasteiger partial charge in [0.15, 0.2) is 0 Å². The van der Waals surface area contributed by atoms with E-state index < -0.39 is 15.8 Å². The minimum atomic E-state index is -3.64. The number of hydrogen-bond donors (Lipinski definition) is 0. The highest BCUT2D eigenvalue weighted by Crippen LogP contribution is 2.21. The molecule has 2 heterocycles. The monoisotopic (exact) mass is 342 g/mol. The van der Waals surface area contributed by atoms with Crippen LogP contribution in [0, 0.1) is 5.82 Å². The average Bonchev–Trinajstić information content (AvgIpc) is 2.80. The van der Waals surface area contributed by atoms with Crippen LogP contribution in [-0.4, -0.2) is 62.4 Å². The fourth-order valence-electron chi connectivity index (χ4n) is 3.04. The van der Waals surface area contributed by atoms with Crippen LogP contribution in [0.5, 0.6) is 0 Å². The number of hydrogen-bond acceptors (Lipinski definition) is 5. The summed E-state index contributed by atoms with van der Waals surface area (Å²) in [6.07, 6.45) is 1.30. The molecule has 8 heteroatoms. The summed E-state index contributed by atoms with van der Waals surface area (Å²) >= 11 is 0. The molecule has 3 rings (SSSR count). The summed E-state index contributed by atoms with van der Waals surface area (Å²) in [7, 11) is -3.64. The average molecular weight is 342 g/mol. The number of sulfonamides is 1. The highest BCUT2D eigenvalue weighted by atomic mass is 32.2. The first kappa shape index (κ1) is 16.4. The normalized spacial score (nSPS) is 24.4. The van der Waals surface area contributed by atoms with Gasteiger partial charge in [0.05, 0.1) is 11.5 Å². The molecule has 0 bridgehead atoms. The van der Waals surface area contributed by atoms with Gasteiger partial charge in [-0.05, 0) is 30.7 Å². The van der Waals surface area contributed by atoms with Crippen LogP contribution < -0.4 is 0 Å². The van der Waals surface area contributed by atoms with Crippen LogP contribution in [0.25, 0.3) is 0 Å². The molecule has 126 valence electrons. The quantitative estimate of drug-likeness (QED) is 0.762. The summed E-state index contributed by atoms with van der Waals surface area (Å²) in [4.78, 5) is 13.8. The molecule has 0 saturated carbocycles. The third-order valence-corrected chi connectivity index (χ3v) is 6.20. The molecule has 2 saturated heterocycles. The molecule has 0 amide bonds. The fraction of sp³-hybridized carbons (Fsp3) is 0.533. The van der Waals surface area contributed by atoms with E-state index in [9.17, 15) is 17.6 Å². The lowest BCUT2D eigenvalue weighted by Gasteiger charge is -2.24. The van der Waals surface area contributed by atoms with Crippen molar-refractivity contribution >= 4 is 16.0 Å². The molecule has 0 aliphatic carbocycles. The molecule has 1 aromatic carbocycles. The lowest BCUT2D eigenvalue weighted by atomic mass is 10.2. The van der Waals surface area contributed by atoms with Crippen LogP contribution in [0.3, 0.4) is 0 Å². The number of cyclic esters (lactones) is 1. The Hall–Kier alpha value is -1.51. The van der Waals surface area contributed by atoms with Crippen molar-refractivity contribution < 1.29 is 22.3 Å². The smallest absolute Gasteiger partial charge is 0.323 e. The fourth-order valence-corrected chi connectivity index (χ4v) is 4.51. The Morgan fingerprint density at radius 3 is 2.48 bits per heavy atom. The van der Waals surface area contributed by atoms with E-state index in [2.05, 4.69) is 0 Å². The molecule has 1 aromatic rings. The van der Waals surface area contributed by atoms with E-state index in [1.165, 1.54) is 16.4 Å². The molecule has 0 spiro atoms. The van der Waals surface area contributed by atoms with Gasteiger partial charge >= 0.3 is 5.97 Å². The van der Waals surface area contributed by atoms with E-state index >= 15 is 0 Å². The first-order valence-corrected chi connectivity index (χ1v) is 9.09. The Balaban J connectivity index is 1.72. The van der Waals surface area contributed by atoms with Crippen LogP contribution in [0.1, 0.15) is 12.8 Å². The van der Waals surface area contributed by atoms with Gasteiger partial charge in [0.2, 0.25) is 10.0 Å². The molecule has 0 radical (unpaired) electrons. The first-order chi connectivity index (χ1) is 11.0. The van der Waals surface area contributed by atoms with Crippen molar-refractivity contribution in [3.63, 3.8) is 0 Å². The molecule has 6 nitrogen and oxygen atoms in total. The van der Waals surface area contributed by atoms with E-state index in [0.29, 0.717) is 45.6 Å². The van der Waals surface area contributed by atoms with Crippen LogP contribution in [0.2, 0.25) is 0 Å². The second kappa shape index (κ2) is 6.54. The van der Waals surface area contributed by atoms with Gasteiger partial charge < -0.3 is 4.74 Å². The van der Waals surface area contributed by atoms with Gasteiger partial charge in [-0.25, -0.2) is 12.8 Å². The van der Waals surface area contributed by atoms with Crippen molar-refractivity contribution in [2.24, 2.45) is 0 Å². The van der Waals surface area contributed by atoms with Crippen molar-refractivity contribution in [3.05, 3.63) is 30.1 Å². The molecule has 1 unspecified atom stereocenters. The van der Waals surface area contributed by atoms with Crippen molar-refractivity contribution in [3.8, 4) is 0 Å².